The topological polar surface area (TPSA) is 61.4 Å². The predicted molar refractivity (Wildman–Crippen MR) is 84.9 cm³/mol. The zero-order valence-corrected chi connectivity index (χ0v) is 13.1. The van der Waals surface area contributed by atoms with E-state index >= 15 is 0 Å². The molecular weight excluding hydrogens is 316 g/mol. The van der Waals surface area contributed by atoms with Crippen molar-refractivity contribution in [2.45, 2.75) is 13.5 Å². The third kappa shape index (κ3) is 4.77. The Hall–Kier alpha value is -2.96. The lowest BCUT2D eigenvalue weighted by molar-refractivity contribution is 0.0929. The molecule has 0 aliphatic carbocycles. The first-order chi connectivity index (χ1) is 11.5. The van der Waals surface area contributed by atoms with E-state index in [1.807, 2.05) is 0 Å². The van der Waals surface area contributed by atoms with Crippen LogP contribution in [0.25, 0.3) is 0 Å². The summed E-state index contributed by atoms with van der Waals surface area (Å²) in [7, 11) is 0. The standard InChI is InChI=1S/C17H17F2N3O2/c1-2-22(11-12-4-3-5-15(19)10-12)17(24)21-20-16(23)13-6-8-14(18)9-7-13/h3-10H,2,11H2,1H3,(H,20,23)(H,21,24). The fourth-order valence-corrected chi connectivity index (χ4v) is 2.05. The second-order valence-corrected chi connectivity index (χ2v) is 5.04. The number of rotatable bonds is 4. The number of benzene rings is 2. The van der Waals surface area contributed by atoms with E-state index in [4.69, 9.17) is 0 Å². The number of hydrogen-bond donors (Lipinski definition) is 2. The van der Waals surface area contributed by atoms with Gasteiger partial charge in [-0.1, -0.05) is 12.1 Å². The van der Waals surface area contributed by atoms with Gasteiger partial charge in [0.15, 0.2) is 0 Å². The first-order valence-electron chi connectivity index (χ1n) is 7.35. The first kappa shape index (κ1) is 17.4. The van der Waals surface area contributed by atoms with Gasteiger partial charge in [0.1, 0.15) is 11.6 Å². The lowest BCUT2D eigenvalue weighted by Gasteiger charge is -2.21. The molecule has 126 valence electrons. The summed E-state index contributed by atoms with van der Waals surface area (Å²) in [6.07, 6.45) is 0. The van der Waals surface area contributed by atoms with Crippen LogP contribution >= 0.6 is 0 Å². The van der Waals surface area contributed by atoms with Gasteiger partial charge >= 0.3 is 6.03 Å². The number of carbonyl (C=O) groups is 2. The quantitative estimate of drug-likeness (QED) is 0.845. The second kappa shape index (κ2) is 8.05. The van der Waals surface area contributed by atoms with Crippen LogP contribution in [0.5, 0.6) is 0 Å². The minimum atomic E-state index is -0.565. The van der Waals surface area contributed by atoms with Gasteiger partial charge in [0.25, 0.3) is 5.91 Å². The summed E-state index contributed by atoms with van der Waals surface area (Å²) in [5.74, 6) is -1.40. The van der Waals surface area contributed by atoms with Gasteiger partial charge in [0.2, 0.25) is 0 Å². The number of nitrogens with zero attached hydrogens (tertiary/aromatic N) is 1. The number of hydrazine groups is 1. The molecule has 0 atom stereocenters. The highest BCUT2D eigenvalue weighted by Gasteiger charge is 2.14. The molecule has 0 spiro atoms. The molecule has 0 saturated carbocycles. The highest BCUT2D eigenvalue weighted by Crippen LogP contribution is 2.07. The Labute approximate surface area is 138 Å². The Kier molecular flexibility index (Phi) is 5.83. The van der Waals surface area contributed by atoms with E-state index in [0.717, 1.165) is 12.1 Å². The van der Waals surface area contributed by atoms with Crippen LogP contribution in [0.15, 0.2) is 48.5 Å². The second-order valence-electron chi connectivity index (χ2n) is 5.04. The molecule has 0 aliphatic heterocycles. The van der Waals surface area contributed by atoms with Crippen LogP contribution in [0.3, 0.4) is 0 Å². The summed E-state index contributed by atoms with van der Waals surface area (Å²) in [5, 5.41) is 0. The Morgan fingerprint density at radius 1 is 1.00 bits per heavy atom. The van der Waals surface area contributed by atoms with E-state index in [1.54, 1.807) is 19.1 Å². The monoisotopic (exact) mass is 333 g/mol. The van der Waals surface area contributed by atoms with Gasteiger partial charge in [-0.05, 0) is 48.9 Å². The molecule has 2 rings (SSSR count). The maximum atomic E-state index is 13.2. The Morgan fingerprint density at radius 3 is 2.33 bits per heavy atom. The summed E-state index contributed by atoms with van der Waals surface area (Å²) in [4.78, 5) is 25.4. The molecule has 0 radical (unpaired) electrons. The van der Waals surface area contributed by atoms with Crippen molar-refractivity contribution in [2.75, 3.05) is 6.54 Å². The molecule has 0 saturated heterocycles. The van der Waals surface area contributed by atoms with Gasteiger partial charge in [-0.2, -0.15) is 0 Å². The van der Waals surface area contributed by atoms with Crippen LogP contribution in [-0.4, -0.2) is 23.4 Å². The molecular formula is C17H17F2N3O2. The van der Waals surface area contributed by atoms with Gasteiger partial charge in [0, 0.05) is 18.7 Å². The summed E-state index contributed by atoms with van der Waals surface area (Å²) < 4.78 is 26.0. The van der Waals surface area contributed by atoms with Crippen LogP contribution in [0.1, 0.15) is 22.8 Å². The molecule has 0 heterocycles. The fraction of sp³-hybridized carbons (Fsp3) is 0.176. The number of amides is 3. The Morgan fingerprint density at radius 2 is 1.71 bits per heavy atom. The van der Waals surface area contributed by atoms with Crippen LogP contribution < -0.4 is 10.9 Å². The molecule has 3 amide bonds. The van der Waals surface area contributed by atoms with Crippen LogP contribution in [0.2, 0.25) is 0 Å². The molecule has 0 fully saturated rings. The predicted octanol–water partition coefficient (Wildman–Crippen LogP) is 2.84. The zero-order valence-electron chi connectivity index (χ0n) is 13.1. The van der Waals surface area contributed by atoms with Crippen molar-refractivity contribution in [3.63, 3.8) is 0 Å². The van der Waals surface area contributed by atoms with E-state index in [1.165, 1.54) is 29.2 Å². The van der Waals surface area contributed by atoms with E-state index in [9.17, 15) is 18.4 Å². The molecule has 2 aromatic carbocycles. The minimum Gasteiger partial charge on any atom is -0.319 e. The Balaban J connectivity index is 1.92. The van der Waals surface area contributed by atoms with Crippen LogP contribution in [-0.2, 0) is 6.54 Å². The van der Waals surface area contributed by atoms with E-state index in [2.05, 4.69) is 10.9 Å². The van der Waals surface area contributed by atoms with Crippen LogP contribution in [0, 0.1) is 11.6 Å². The molecule has 0 aliphatic rings. The highest BCUT2D eigenvalue weighted by atomic mass is 19.1. The van der Waals surface area contributed by atoms with Crippen LogP contribution in [0.4, 0.5) is 13.6 Å². The molecule has 2 aromatic rings. The van der Waals surface area contributed by atoms with Crippen molar-refractivity contribution in [1.82, 2.24) is 15.8 Å². The normalized spacial score (nSPS) is 10.1. The minimum absolute atomic E-state index is 0.201. The molecule has 7 heteroatoms. The lowest BCUT2D eigenvalue weighted by Crippen LogP contribution is -2.48. The highest BCUT2D eigenvalue weighted by molar-refractivity contribution is 5.95. The Bertz CT molecular complexity index is 720. The third-order valence-electron chi connectivity index (χ3n) is 3.32. The van der Waals surface area contributed by atoms with Crippen molar-refractivity contribution in [3.8, 4) is 0 Å². The fourth-order valence-electron chi connectivity index (χ4n) is 2.05. The van der Waals surface area contributed by atoms with Crippen molar-refractivity contribution < 1.29 is 18.4 Å². The summed E-state index contributed by atoms with van der Waals surface area (Å²) in [6.45, 7) is 2.34. The number of carbonyl (C=O) groups excluding carboxylic acids is 2. The smallest absolute Gasteiger partial charge is 0.319 e. The van der Waals surface area contributed by atoms with E-state index in [0.29, 0.717) is 12.1 Å². The van der Waals surface area contributed by atoms with Gasteiger partial charge in [-0.15, -0.1) is 0 Å². The third-order valence-corrected chi connectivity index (χ3v) is 3.32. The molecule has 0 bridgehead atoms. The van der Waals surface area contributed by atoms with Crippen molar-refractivity contribution in [3.05, 3.63) is 71.3 Å². The molecule has 0 unspecified atom stereocenters. The number of urea groups is 1. The van der Waals surface area contributed by atoms with Gasteiger partial charge in [-0.3, -0.25) is 10.2 Å². The largest absolute Gasteiger partial charge is 0.336 e. The summed E-state index contributed by atoms with van der Waals surface area (Å²) >= 11 is 0. The summed E-state index contributed by atoms with van der Waals surface area (Å²) in [5.41, 5.74) is 5.38. The van der Waals surface area contributed by atoms with E-state index < -0.39 is 17.8 Å². The molecule has 24 heavy (non-hydrogen) atoms. The van der Waals surface area contributed by atoms with Gasteiger partial charge < -0.3 is 4.90 Å². The van der Waals surface area contributed by atoms with E-state index in [-0.39, 0.29) is 17.9 Å². The van der Waals surface area contributed by atoms with Gasteiger partial charge in [0.05, 0.1) is 0 Å². The number of nitrogens with one attached hydrogen (secondary N) is 2. The lowest BCUT2D eigenvalue weighted by atomic mass is 10.2. The number of hydrogen-bond acceptors (Lipinski definition) is 2. The first-order valence-corrected chi connectivity index (χ1v) is 7.35. The maximum absolute atomic E-state index is 13.2. The number of halogens is 2. The molecule has 0 aromatic heterocycles. The average molecular weight is 333 g/mol. The zero-order chi connectivity index (χ0) is 17.5. The maximum Gasteiger partial charge on any atom is 0.336 e. The van der Waals surface area contributed by atoms with Crippen molar-refractivity contribution in [1.29, 1.82) is 0 Å². The van der Waals surface area contributed by atoms with Crippen molar-refractivity contribution >= 4 is 11.9 Å². The average Bonchev–Trinajstić information content (AvgIpc) is 2.58. The molecule has 5 nitrogen and oxygen atoms in total. The molecule has 2 N–H and O–H groups in total. The van der Waals surface area contributed by atoms with Gasteiger partial charge in [-0.25, -0.2) is 19.0 Å². The summed E-state index contributed by atoms with van der Waals surface area (Å²) in [6, 6.07) is 10.3. The van der Waals surface area contributed by atoms with Crippen molar-refractivity contribution in [2.24, 2.45) is 0 Å². The SMILES string of the molecule is CCN(Cc1cccc(F)c1)C(=O)NNC(=O)c1ccc(F)cc1.